The molecule has 0 saturated carbocycles. The van der Waals surface area contributed by atoms with Gasteiger partial charge >= 0.3 is 0 Å². The van der Waals surface area contributed by atoms with Crippen LogP contribution in [-0.2, 0) is 13.1 Å². The van der Waals surface area contributed by atoms with Crippen molar-refractivity contribution in [2.75, 3.05) is 0 Å². The van der Waals surface area contributed by atoms with Gasteiger partial charge in [0.1, 0.15) is 5.69 Å². The molecule has 4 nitrogen and oxygen atoms in total. The van der Waals surface area contributed by atoms with Gasteiger partial charge in [0.05, 0.1) is 5.69 Å². The van der Waals surface area contributed by atoms with Gasteiger partial charge in [-0.3, -0.25) is 0 Å². The number of nitrogens with zero attached hydrogens (tertiary/aromatic N) is 3. The molecule has 1 aromatic carbocycles. The lowest BCUT2D eigenvalue weighted by molar-refractivity contribution is 0.584. The number of aromatic nitrogens is 3. The van der Waals surface area contributed by atoms with Crippen molar-refractivity contribution in [1.82, 2.24) is 15.0 Å². The van der Waals surface area contributed by atoms with Crippen molar-refractivity contribution in [1.29, 1.82) is 0 Å². The Balaban J connectivity index is 2.51. The Morgan fingerprint density at radius 2 is 2.18 bits per heavy atom. The van der Waals surface area contributed by atoms with Crippen LogP contribution in [0.25, 0.3) is 11.3 Å². The fraction of sp³-hybridized carbons (Fsp3) is 0.385. The first-order valence-electron chi connectivity index (χ1n) is 5.95. The average molecular weight is 230 g/mol. The number of nitrogens with two attached hydrogens (primary N) is 1. The molecule has 0 saturated heterocycles. The highest BCUT2D eigenvalue weighted by molar-refractivity contribution is 5.62. The highest BCUT2D eigenvalue weighted by Gasteiger charge is 2.13. The molecular formula is C13H18N4. The van der Waals surface area contributed by atoms with E-state index in [4.69, 9.17) is 5.73 Å². The number of benzene rings is 1. The topological polar surface area (TPSA) is 56.7 Å². The number of hydrogen-bond acceptors (Lipinski definition) is 3. The van der Waals surface area contributed by atoms with Crippen molar-refractivity contribution in [3.05, 3.63) is 35.5 Å². The van der Waals surface area contributed by atoms with Gasteiger partial charge in [0.2, 0.25) is 0 Å². The summed E-state index contributed by atoms with van der Waals surface area (Å²) in [5.74, 6) is 0. The van der Waals surface area contributed by atoms with Gasteiger partial charge in [-0.2, -0.15) is 0 Å². The third-order valence-electron chi connectivity index (χ3n) is 2.73. The van der Waals surface area contributed by atoms with Gasteiger partial charge in [-0.05, 0) is 19.4 Å². The molecule has 0 fully saturated rings. The van der Waals surface area contributed by atoms with Gasteiger partial charge in [-0.25, -0.2) is 4.68 Å². The Bertz CT molecular complexity index is 502. The van der Waals surface area contributed by atoms with Gasteiger partial charge in [-0.1, -0.05) is 35.9 Å². The van der Waals surface area contributed by atoms with Gasteiger partial charge in [0.25, 0.3) is 0 Å². The van der Waals surface area contributed by atoms with Crippen LogP contribution in [0.1, 0.15) is 24.6 Å². The lowest BCUT2D eigenvalue weighted by Gasteiger charge is -2.07. The van der Waals surface area contributed by atoms with Crippen LogP contribution in [0.4, 0.5) is 0 Å². The molecule has 4 heteroatoms. The molecule has 0 atom stereocenters. The third-order valence-corrected chi connectivity index (χ3v) is 2.73. The minimum atomic E-state index is 0.424. The summed E-state index contributed by atoms with van der Waals surface area (Å²) in [5.41, 5.74) is 10.0. The molecule has 0 aliphatic carbocycles. The maximum absolute atomic E-state index is 5.72. The van der Waals surface area contributed by atoms with Crippen LogP contribution in [0.15, 0.2) is 24.3 Å². The Kier molecular flexibility index (Phi) is 3.54. The van der Waals surface area contributed by atoms with E-state index in [0.717, 1.165) is 29.9 Å². The Morgan fingerprint density at radius 3 is 2.82 bits per heavy atom. The summed E-state index contributed by atoms with van der Waals surface area (Å²) in [4.78, 5) is 0. The second kappa shape index (κ2) is 5.10. The molecule has 2 N–H and O–H groups in total. The van der Waals surface area contributed by atoms with E-state index in [9.17, 15) is 0 Å². The van der Waals surface area contributed by atoms with Gasteiger partial charge in [-0.15, -0.1) is 5.10 Å². The molecule has 0 amide bonds. The first-order chi connectivity index (χ1) is 8.26. The van der Waals surface area contributed by atoms with Crippen LogP contribution in [0.3, 0.4) is 0 Å². The van der Waals surface area contributed by atoms with Crippen LogP contribution in [0.2, 0.25) is 0 Å². The monoisotopic (exact) mass is 230 g/mol. The van der Waals surface area contributed by atoms with Gasteiger partial charge < -0.3 is 5.73 Å². The first-order valence-corrected chi connectivity index (χ1v) is 5.95. The zero-order chi connectivity index (χ0) is 12.3. The van der Waals surface area contributed by atoms with E-state index in [1.807, 2.05) is 10.7 Å². The molecule has 2 rings (SSSR count). The molecule has 17 heavy (non-hydrogen) atoms. The van der Waals surface area contributed by atoms with Crippen molar-refractivity contribution >= 4 is 0 Å². The molecular weight excluding hydrogens is 212 g/mol. The summed E-state index contributed by atoms with van der Waals surface area (Å²) in [6, 6.07) is 8.36. The predicted octanol–water partition coefficient (Wildman–Crippen LogP) is 2.12. The summed E-state index contributed by atoms with van der Waals surface area (Å²) in [5, 5.41) is 8.32. The number of hydrogen-bond donors (Lipinski definition) is 1. The van der Waals surface area contributed by atoms with Crippen LogP contribution in [-0.4, -0.2) is 15.0 Å². The van der Waals surface area contributed by atoms with E-state index in [-0.39, 0.29) is 0 Å². The van der Waals surface area contributed by atoms with E-state index in [1.165, 1.54) is 5.56 Å². The third kappa shape index (κ3) is 2.36. The molecule has 1 aromatic heterocycles. The Hall–Kier alpha value is -1.68. The molecule has 0 unspecified atom stereocenters. The van der Waals surface area contributed by atoms with Gasteiger partial charge in [0.15, 0.2) is 0 Å². The van der Waals surface area contributed by atoms with E-state index in [2.05, 4.69) is 42.4 Å². The smallest absolute Gasteiger partial charge is 0.104 e. The minimum Gasteiger partial charge on any atom is -0.325 e. The number of rotatable bonds is 4. The van der Waals surface area contributed by atoms with Gasteiger partial charge in [0, 0.05) is 18.7 Å². The van der Waals surface area contributed by atoms with E-state index >= 15 is 0 Å². The molecule has 0 spiro atoms. The van der Waals surface area contributed by atoms with Crippen molar-refractivity contribution in [2.24, 2.45) is 5.73 Å². The maximum atomic E-state index is 5.72. The molecule has 0 bridgehead atoms. The quantitative estimate of drug-likeness (QED) is 0.875. The summed E-state index contributed by atoms with van der Waals surface area (Å²) >= 11 is 0. The highest BCUT2D eigenvalue weighted by atomic mass is 15.4. The van der Waals surface area contributed by atoms with E-state index in [0.29, 0.717) is 6.54 Å². The largest absolute Gasteiger partial charge is 0.325 e. The fourth-order valence-electron chi connectivity index (χ4n) is 1.96. The molecule has 0 aliphatic rings. The summed E-state index contributed by atoms with van der Waals surface area (Å²) in [6.07, 6.45) is 1.03. The average Bonchev–Trinajstić information content (AvgIpc) is 2.72. The fourth-order valence-corrected chi connectivity index (χ4v) is 1.96. The van der Waals surface area contributed by atoms with Crippen LogP contribution < -0.4 is 5.73 Å². The second-order valence-electron chi connectivity index (χ2n) is 4.18. The number of aryl methyl sites for hydroxylation is 2. The van der Waals surface area contributed by atoms with Crippen LogP contribution in [0.5, 0.6) is 0 Å². The molecule has 90 valence electrons. The first kappa shape index (κ1) is 11.8. The van der Waals surface area contributed by atoms with Crippen molar-refractivity contribution in [3.8, 4) is 11.3 Å². The molecule has 0 aliphatic heterocycles. The molecule has 0 radical (unpaired) electrons. The predicted molar refractivity (Wildman–Crippen MR) is 68.4 cm³/mol. The molecule has 2 aromatic rings. The lowest BCUT2D eigenvalue weighted by Crippen LogP contribution is -2.04. The summed E-state index contributed by atoms with van der Waals surface area (Å²) in [7, 11) is 0. The zero-order valence-electron chi connectivity index (χ0n) is 10.3. The Labute approximate surface area is 101 Å². The van der Waals surface area contributed by atoms with Crippen LogP contribution in [0, 0.1) is 6.92 Å². The maximum Gasteiger partial charge on any atom is 0.104 e. The van der Waals surface area contributed by atoms with Crippen molar-refractivity contribution < 1.29 is 0 Å². The zero-order valence-corrected chi connectivity index (χ0v) is 10.3. The second-order valence-corrected chi connectivity index (χ2v) is 4.18. The SMILES string of the molecule is CCCn1nnc(CN)c1-c1cccc(C)c1. The van der Waals surface area contributed by atoms with E-state index < -0.39 is 0 Å². The lowest BCUT2D eigenvalue weighted by atomic mass is 10.1. The van der Waals surface area contributed by atoms with Crippen molar-refractivity contribution in [3.63, 3.8) is 0 Å². The van der Waals surface area contributed by atoms with E-state index in [1.54, 1.807) is 0 Å². The summed E-state index contributed by atoms with van der Waals surface area (Å²) < 4.78 is 1.94. The molecule has 1 heterocycles. The standard InChI is InChI=1S/C13H18N4/c1-3-7-17-13(12(9-14)15-16-17)11-6-4-5-10(2)8-11/h4-6,8H,3,7,9,14H2,1-2H3. The van der Waals surface area contributed by atoms with Crippen LogP contribution >= 0.6 is 0 Å². The summed E-state index contributed by atoms with van der Waals surface area (Å²) in [6.45, 7) is 5.51. The Morgan fingerprint density at radius 1 is 1.35 bits per heavy atom. The highest BCUT2D eigenvalue weighted by Crippen LogP contribution is 2.23. The minimum absolute atomic E-state index is 0.424. The van der Waals surface area contributed by atoms with Crippen molar-refractivity contribution in [2.45, 2.75) is 33.4 Å². The normalized spacial score (nSPS) is 10.8.